The van der Waals surface area contributed by atoms with Gasteiger partial charge in [-0.3, -0.25) is 0 Å². The largest absolute Gasteiger partial charge is 0.463 e. The van der Waals surface area contributed by atoms with Gasteiger partial charge >= 0.3 is 0 Å². The second-order valence-corrected chi connectivity index (χ2v) is 5.48. The number of aliphatic hydroxyl groups excluding tert-OH is 1. The molecule has 2 heterocycles. The van der Waals surface area contributed by atoms with Gasteiger partial charge in [0.1, 0.15) is 16.8 Å². The van der Waals surface area contributed by atoms with Gasteiger partial charge in [-0.2, -0.15) is 0 Å². The maximum absolute atomic E-state index is 10.3. The van der Waals surface area contributed by atoms with E-state index in [9.17, 15) is 5.11 Å². The van der Waals surface area contributed by atoms with Crippen LogP contribution >= 0.6 is 11.3 Å². The van der Waals surface area contributed by atoms with E-state index in [0.29, 0.717) is 5.01 Å². The normalized spacial score (nSPS) is 12.5. The van der Waals surface area contributed by atoms with Crippen LogP contribution in [0.25, 0.3) is 11.5 Å². The molecule has 3 nitrogen and oxygen atoms in total. The summed E-state index contributed by atoms with van der Waals surface area (Å²) >= 11 is 1.49. The Labute approximate surface area is 115 Å². The first kappa shape index (κ1) is 12.1. The van der Waals surface area contributed by atoms with Gasteiger partial charge in [-0.25, -0.2) is 4.98 Å². The number of aromatic nitrogens is 1. The smallest absolute Gasteiger partial charge is 0.153 e. The van der Waals surface area contributed by atoms with Crippen molar-refractivity contribution >= 4 is 11.3 Å². The summed E-state index contributed by atoms with van der Waals surface area (Å²) in [6, 6.07) is 13.3. The highest BCUT2D eigenvalue weighted by Crippen LogP contribution is 2.32. The van der Waals surface area contributed by atoms with E-state index in [2.05, 4.69) is 4.98 Å². The van der Waals surface area contributed by atoms with Crippen molar-refractivity contribution in [3.8, 4) is 11.5 Å². The molecule has 1 atom stereocenters. The molecule has 0 aliphatic rings. The minimum absolute atomic E-state index is 0.686. The van der Waals surface area contributed by atoms with Gasteiger partial charge in [-0.15, -0.1) is 11.3 Å². The highest BCUT2D eigenvalue weighted by molar-refractivity contribution is 7.12. The molecule has 0 saturated heterocycles. The predicted octanol–water partition coefficient (Wildman–Crippen LogP) is 3.79. The minimum Gasteiger partial charge on any atom is -0.463 e. The lowest BCUT2D eigenvalue weighted by Crippen LogP contribution is -1.98. The molecule has 3 rings (SSSR count). The average molecular weight is 271 g/mol. The fourth-order valence-corrected chi connectivity index (χ4v) is 2.89. The summed E-state index contributed by atoms with van der Waals surface area (Å²) in [7, 11) is 0. The minimum atomic E-state index is -0.686. The summed E-state index contributed by atoms with van der Waals surface area (Å²) in [5, 5.41) is 11.0. The molecular weight excluding hydrogens is 258 g/mol. The third-order valence-electron chi connectivity index (χ3n) is 2.92. The van der Waals surface area contributed by atoms with E-state index in [4.69, 9.17) is 4.42 Å². The van der Waals surface area contributed by atoms with Crippen LogP contribution < -0.4 is 0 Å². The number of hydrogen-bond acceptors (Lipinski definition) is 4. The zero-order valence-corrected chi connectivity index (χ0v) is 11.2. The fourth-order valence-electron chi connectivity index (χ4n) is 1.95. The Bertz CT molecular complexity index is 659. The zero-order chi connectivity index (χ0) is 13.2. The van der Waals surface area contributed by atoms with Gasteiger partial charge in [-0.05, 0) is 24.6 Å². The molecule has 0 aliphatic heterocycles. The van der Waals surface area contributed by atoms with Crippen LogP contribution in [-0.2, 0) is 0 Å². The van der Waals surface area contributed by atoms with Crippen LogP contribution in [0, 0.1) is 6.92 Å². The Morgan fingerprint density at radius 3 is 2.63 bits per heavy atom. The van der Waals surface area contributed by atoms with Crippen molar-refractivity contribution in [2.45, 2.75) is 13.0 Å². The number of rotatable bonds is 3. The Balaban J connectivity index is 1.97. The molecule has 0 fully saturated rings. The number of aliphatic hydroxyl groups is 1. The molecule has 0 radical (unpaired) electrons. The third-order valence-corrected chi connectivity index (χ3v) is 3.94. The molecule has 3 aromatic rings. The van der Waals surface area contributed by atoms with Gasteiger partial charge in [0.25, 0.3) is 0 Å². The Morgan fingerprint density at radius 2 is 1.95 bits per heavy atom. The van der Waals surface area contributed by atoms with Crippen molar-refractivity contribution < 1.29 is 9.52 Å². The number of benzene rings is 1. The molecule has 2 aromatic heterocycles. The molecule has 0 spiro atoms. The summed E-state index contributed by atoms with van der Waals surface area (Å²) < 4.78 is 5.36. The van der Waals surface area contributed by atoms with Crippen molar-refractivity contribution in [1.82, 2.24) is 4.98 Å². The van der Waals surface area contributed by atoms with Crippen molar-refractivity contribution in [2.24, 2.45) is 0 Å². The van der Waals surface area contributed by atoms with E-state index in [1.807, 2.05) is 49.4 Å². The van der Waals surface area contributed by atoms with E-state index >= 15 is 0 Å². The van der Waals surface area contributed by atoms with Gasteiger partial charge in [0.15, 0.2) is 5.76 Å². The average Bonchev–Trinajstić information content (AvgIpc) is 3.08. The summed E-state index contributed by atoms with van der Waals surface area (Å²) in [4.78, 5) is 5.54. The first-order valence-electron chi connectivity index (χ1n) is 6.00. The monoisotopic (exact) mass is 271 g/mol. The molecule has 0 amide bonds. The second-order valence-electron chi connectivity index (χ2n) is 4.25. The molecule has 1 unspecified atom stereocenters. The maximum Gasteiger partial charge on any atom is 0.153 e. The summed E-state index contributed by atoms with van der Waals surface area (Å²) in [6.45, 7) is 1.98. The van der Waals surface area contributed by atoms with Crippen LogP contribution in [-0.4, -0.2) is 10.1 Å². The number of nitrogens with zero attached hydrogens (tertiary/aromatic N) is 1. The van der Waals surface area contributed by atoms with Crippen molar-refractivity contribution in [1.29, 1.82) is 0 Å². The van der Waals surface area contributed by atoms with Gasteiger partial charge in [-0.1, -0.05) is 30.3 Å². The molecule has 1 N–H and O–H groups in total. The van der Waals surface area contributed by atoms with Gasteiger partial charge < -0.3 is 9.52 Å². The molecule has 0 saturated carbocycles. The molecule has 0 bridgehead atoms. The van der Waals surface area contributed by atoms with E-state index in [-0.39, 0.29) is 0 Å². The first-order valence-corrected chi connectivity index (χ1v) is 6.81. The van der Waals surface area contributed by atoms with Gasteiger partial charge in [0, 0.05) is 4.88 Å². The Kier molecular flexibility index (Phi) is 3.19. The third kappa shape index (κ3) is 2.32. The van der Waals surface area contributed by atoms with Gasteiger partial charge in [0.2, 0.25) is 0 Å². The van der Waals surface area contributed by atoms with Crippen LogP contribution in [0.3, 0.4) is 0 Å². The highest BCUT2D eigenvalue weighted by Gasteiger charge is 2.18. The van der Waals surface area contributed by atoms with Crippen molar-refractivity contribution in [3.05, 3.63) is 64.2 Å². The summed E-state index contributed by atoms with van der Waals surface area (Å²) in [5.74, 6) is 0.736. The zero-order valence-electron chi connectivity index (χ0n) is 10.4. The van der Waals surface area contributed by atoms with Crippen molar-refractivity contribution in [2.75, 3.05) is 0 Å². The van der Waals surface area contributed by atoms with Crippen LogP contribution in [0.15, 0.2) is 53.1 Å². The number of furan rings is 1. The van der Waals surface area contributed by atoms with Crippen LogP contribution in [0.5, 0.6) is 0 Å². The fraction of sp³-hybridized carbons (Fsp3) is 0.133. The molecule has 96 valence electrons. The lowest BCUT2D eigenvalue weighted by molar-refractivity contribution is 0.220. The predicted molar refractivity (Wildman–Crippen MR) is 75.1 cm³/mol. The Morgan fingerprint density at radius 1 is 1.16 bits per heavy atom. The van der Waals surface area contributed by atoms with Crippen LogP contribution in [0.1, 0.15) is 21.6 Å². The van der Waals surface area contributed by atoms with E-state index in [1.54, 1.807) is 6.26 Å². The standard InChI is InChI=1S/C15H13NO2S/c1-10-13(12-8-5-9-18-12)16-15(19-10)14(17)11-6-3-2-4-7-11/h2-9,14,17H,1H3. The Hall–Kier alpha value is -1.91. The SMILES string of the molecule is Cc1sc(C(O)c2ccccc2)nc1-c1ccco1. The molecular formula is C15H13NO2S. The van der Waals surface area contributed by atoms with E-state index < -0.39 is 6.10 Å². The number of aryl methyl sites for hydroxylation is 1. The maximum atomic E-state index is 10.3. The van der Waals surface area contributed by atoms with Crippen LogP contribution in [0.4, 0.5) is 0 Å². The lowest BCUT2D eigenvalue weighted by atomic mass is 10.1. The van der Waals surface area contributed by atoms with Gasteiger partial charge in [0.05, 0.1) is 6.26 Å². The second kappa shape index (κ2) is 4.99. The summed E-state index contributed by atoms with van der Waals surface area (Å²) in [6.07, 6.45) is 0.940. The lowest BCUT2D eigenvalue weighted by Gasteiger charge is -2.06. The quantitative estimate of drug-likeness (QED) is 0.788. The molecule has 4 heteroatoms. The highest BCUT2D eigenvalue weighted by atomic mass is 32.1. The van der Waals surface area contributed by atoms with E-state index in [0.717, 1.165) is 21.9 Å². The molecule has 1 aromatic carbocycles. The number of hydrogen-bond donors (Lipinski definition) is 1. The van der Waals surface area contributed by atoms with E-state index in [1.165, 1.54) is 11.3 Å². The van der Waals surface area contributed by atoms with Crippen molar-refractivity contribution in [3.63, 3.8) is 0 Å². The van der Waals surface area contributed by atoms with Crippen LogP contribution in [0.2, 0.25) is 0 Å². The first-order chi connectivity index (χ1) is 9.25. The molecule has 19 heavy (non-hydrogen) atoms. The number of thiazole rings is 1. The molecule has 0 aliphatic carbocycles. The topological polar surface area (TPSA) is 46.3 Å². The summed E-state index contributed by atoms with van der Waals surface area (Å²) in [5.41, 5.74) is 1.65.